The van der Waals surface area contributed by atoms with Crippen LogP contribution in [0.25, 0.3) is 0 Å². The van der Waals surface area contributed by atoms with Crippen LogP contribution in [0.15, 0.2) is 24.3 Å². The molecule has 0 radical (unpaired) electrons. The van der Waals surface area contributed by atoms with Gasteiger partial charge in [0, 0.05) is 30.8 Å². The molecule has 1 saturated heterocycles. The van der Waals surface area contributed by atoms with Gasteiger partial charge < -0.3 is 16.0 Å². The zero-order valence-corrected chi connectivity index (χ0v) is 12.7. The maximum Gasteiger partial charge on any atom is 0.227 e. The van der Waals surface area contributed by atoms with Gasteiger partial charge in [-0.3, -0.25) is 14.4 Å². The number of hydrogen-bond donors (Lipinski definition) is 2. The van der Waals surface area contributed by atoms with Crippen molar-refractivity contribution in [3.63, 3.8) is 0 Å². The highest BCUT2D eigenvalue weighted by molar-refractivity contribution is 6.00. The van der Waals surface area contributed by atoms with Gasteiger partial charge in [-0.05, 0) is 24.6 Å². The summed E-state index contributed by atoms with van der Waals surface area (Å²) in [7, 11) is 0. The summed E-state index contributed by atoms with van der Waals surface area (Å²) in [5.41, 5.74) is 6.58. The minimum Gasteiger partial charge on any atom is -0.369 e. The maximum absolute atomic E-state index is 12.0. The molecule has 118 valence electrons. The fraction of sp³-hybridized carbons (Fsp3) is 0.438. The quantitative estimate of drug-likeness (QED) is 0.837. The molecule has 1 aromatic rings. The van der Waals surface area contributed by atoms with Crippen LogP contribution in [-0.4, -0.2) is 24.3 Å². The third kappa shape index (κ3) is 3.84. The molecule has 1 aromatic carbocycles. The van der Waals surface area contributed by atoms with E-state index in [9.17, 15) is 14.4 Å². The van der Waals surface area contributed by atoms with E-state index in [1.54, 1.807) is 24.3 Å². The first kappa shape index (κ1) is 16.0. The standard InChI is InChI=1S/C16H21N3O3/c1-2-3-7-14(20)18-12-5-4-6-13(9-12)19-10-11(16(17)22)8-15(19)21/h4-6,9,11H,2-3,7-8,10H2,1H3,(H2,17,22)(H,18,20)/t11-/m1/s1. The SMILES string of the molecule is CCCCC(=O)Nc1cccc(N2C[C@H](C(N)=O)CC2=O)c1. The molecule has 1 aliphatic heterocycles. The number of amides is 3. The van der Waals surface area contributed by atoms with Gasteiger partial charge in [0.05, 0.1) is 5.92 Å². The van der Waals surface area contributed by atoms with E-state index >= 15 is 0 Å². The third-order valence-corrected chi connectivity index (χ3v) is 3.73. The summed E-state index contributed by atoms with van der Waals surface area (Å²) < 4.78 is 0. The van der Waals surface area contributed by atoms with Crippen LogP contribution in [0.5, 0.6) is 0 Å². The topological polar surface area (TPSA) is 92.5 Å². The number of nitrogens with two attached hydrogens (primary N) is 1. The van der Waals surface area contributed by atoms with Crippen molar-refractivity contribution in [3.8, 4) is 0 Å². The predicted molar refractivity (Wildman–Crippen MR) is 84.3 cm³/mol. The Morgan fingerprint density at radius 1 is 1.41 bits per heavy atom. The van der Waals surface area contributed by atoms with Crippen molar-refractivity contribution < 1.29 is 14.4 Å². The fourth-order valence-electron chi connectivity index (χ4n) is 2.46. The number of rotatable bonds is 6. The van der Waals surface area contributed by atoms with Crippen molar-refractivity contribution >= 4 is 29.1 Å². The van der Waals surface area contributed by atoms with Gasteiger partial charge in [0.15, 0.2) is 0 Å². The maximum atomic E-state index is 12.0. The van der Waals surface area contributed by atoms with Crippen LogP contribution in [-0.2, 0) is 14.4 Å². The van der Waals surface area contributed by atoms with E-state index in [-0.39, 0.29) is 18.2 Å². The van der Waals surface area contributed by atoms with Crippen molar-refractivity contribution in [2.24, 2.45) is 11.7 Å². The average Bonchev–Trinajstić information content (AvgIpc) is 2.87. The van der Waals surface area contributed by atoms with E-state index in [1.165, 1.54) is 4.90 Å². The highest BCUT2D eigenvalue weighted by atomic mass is 16.2. The fourth-order valence-corrected chi connectivity index (χ4v) is 2.46. The number of anilines is 2. The Bertz CT molecular complexity index is 586. The minimum atomic E-state index is -0.458. The summed E-state index contributed by atoms with van der Waals surface area (Å²) in [5, 5.41) is 2.82. The Hall–Kier alpha value is -2.37. The molecule has 0 aliphatic carbocycles. The van der Waals surface area contributed by atoms with E-state index in [0.29, 0.717) is 24.3 Å². The highest BCUT2D eigenvalue weighted by Crippen LogP contribution is 2.27. The third-order valence-electron chi connectivity index (χ3n) is 3.73. The molecule has 22 heavy (non-hydrogen) atoms. The molecule has 3 amide bonds. The smallest absolute Gasteiger partial charge is 0.227 e. The molecule has 1 fully saturated rings. The van der Waals surface area contributed by atoms with Crippen molar-refractivity contribution in [2.75, 3.05) is 16.8 Å². The second kappa shape index (κ2) is 7.06. The number of hydrogen-bond acceptors (Lipinski definition) is 3. The molecule has 2 rings (SSSR count). The lowest BCUT2D eigenvalue weighted by Crippen LogP contribution is -2.28. The van der Waals surface area contributed by atoms with Crippen LogP contribution in [0.4, 0.5) is 11.4 Å². The minimum absolute atomic E-state index is 0.0400. The van der Waals surface area contributed by atoms with Gasteiger partial charge in [-0.15, -0.1) is 0 Å². The van der Waals surface area contributed by atoms with Crippen LogP contribution < -0.4 is 16.0 Å². The Labute approximate surface area is 129 Å². The Balaban J connectivity index is 2.07. The molecule has 0 spiro atoms. The molecule has 0 bridgehead atoms. The zero-order chi connectivity index (χ0) is 16.1. The van der Waals surface area contributed by atoms with Crippen molar-refractivity contribution in [2.45, 2.75) is 32.6 Å². The molecule has 0 unspecified atom stereocenters. The van der Waals surface area contributed by atoms with Crippen LogP contribution >= 0.6 is 0 Å². The predicted octanol–water partition coefficient (Wildman–Crippen LogP) is 1.65. The van der Waals surface area contributed by atoms with E-state index < -0.39 is 11.8 Å². The van der Waals surface area contributed by atoms with Crippen LogP contribution in [0, 0.1) is 5.92 Å². The van der Waals surface area contributed by atoms with Gasteiger partial charge in [-0.1, -0.05) is 19.4 Å². The van der Waals surface area contributed by atoms with Crippen molar-refractivity contribution in [3.05, 3.63) is 24.3 Å². The van der Waals surface area contributed by atoms with Gasteiger partial charge in [-0.25, -0.2) is 0 Å². The number of carbonyl (C=O) groups excluding carboxylic acids is 3. The van der Waals surface area contributed by atoms with Crippen molar-refractivity contribution in [1.82, 2.24) is 0 Å². The van der Waals surface area contributed by atoms with E-state index in [2.05, 4.69) is 5.32 Å². The first-order chi connectivity index (χ1) is 10.5. The Morgan fingerprint density at radius 3 is 2.82 bits per heavy atom. The van der Waals surface area contributed by atoms with E-state index in [4.69, 9.17) is 5.73 Å². The van der Waals surface area contributed by atoms with Gasteiger partial charge >= 0.3 is 0 Å². The monoisotopic (exact) mass is 303 g/mol. The molecular weight excluding hydrogens is 282 g/mol. The first-order valence-corrected chi connectivity index (χ1v) is 7.51. The number of primary amides is 1. The molecule has 0 aromatic heterocycles. The number of carbonyl (C=O) groups is 3. The van der Waals surface area contributed by atoms with Crippen LogP contribution in [0.3, 0.4) is 0 Å². The normalized spacial score (nSPS) is 17.6. The van der Waals surface area contributed by atoms with E-state index in [1.807, 2.05) is 6.92 Å². The highest BCUT2D eigenvalue weighted by Gasteiger charge is 2.33. The van der Waals surface area contributed by atoms with Gasteiger partial charge in [-0.2, -0.15) is 0 Å². The van der Waals surface area contributed by atoms with Gasteiger partial charge in [0.2, 0.25) is 17.7 Å². The second-order valence-electron chi connectivity index (χ2n) is 5.51. The van der Waals surface area contributed by atoms with Crippen molar-refractivity contribution in [1.29, 1.82) is 0 Å². The Kier molecular flexibility index (Phi) is 5.14. The molecule has 6 heteroatoms. The molecule has 6 nitrogen and oxygen atoms in total. The molecule has 1 atom stereocenters. The lowest BCUT2D eigenvalue weighted by molar-refractivity contribution is -0.123. The van der Waals surface area contributed by atoms with Gasteiger partial charge in [0.1, 0.15) is 0 Å². The number of nitrogens with one attached hydrogen (secondary N) is 1. The lowest BCUT2D eigenvalue weighted by atomic mass is 10.1. The average molecular weight is 303 g/mol. The second-order valence-corrected chi connectivity index (χ2v) is 5.51. The largest absolute Gasteiger partial charge is 0.369 e. The summed E-state index contributed by atoms with van der Waals surface area (Å²) in [6.07, 6.45) is 2.43. The van der Waals surface area contributed by atoms with E-state index in [0.717, 1.165) is 12.8 Å². The summed E-state index contributed by atoms with van der Waals surface area (Å²) in [6.45, 7) is 2.32. The molecule has 0 saturated carbocycles. The number of nitrogens with zero attached hydrogens (tertiary/aromatic N) is 1. The molecule has 3 N–H and O–H groups in total. The number of benzene rings is 1. The number of unbranched alkanes of at least 4 members (excludes halogenated alkanes) is 1. The van der Waals surface area contributed by atoms with Crippen LogP contribution in [0.2, 0.25) is 0 Å². The molecule has 1 heterocycles. The first-order valence-electron chi connectivity index (χ1n) is 7.51. The Morgan fingerprint density at radius 2 is 2.18 bits per heavy atom. The molecule has 1 aliphatic rings. The molecular formula is C16H21N3O3. The summed E-state index contributed by atoms with van der Waals surface area (Å²) in [6, 6.07) is 7.07. The zero-order valence-electron chi connectivity index (χ0n) is 12.7. The van der Waals surface area contributed by atoms with Crippen LogP contribution in [0.1, 0.15) is 32.6 Å². The summed E-state index contributed by atoms with van der Waals surface area (Å²) >= 11 is 0. The lowest BCUT2D eigenvalue weighted by Gasteiger charge is -2.17. The van der Waals surface area contributed by atoms with Gasteiger partial charge in [0.25, 0.3) is 0 Å². The summed E-state index contributed by atoms with van der Waals surface area (Å²) in [5.74, 6) is -1.07. The summed E-state index contributed by atoms with van der Waals surface area (Å²) in [4.78, 5) is 36.5.